The first-order chi connectivity index (χ1) is 8.49. The number of ether oxygens (including phenoxy) is 1. The van der Waals surface area contributed by atoms with Gasteiger partial charge in [-0.1, -0.05) is 30.9 Å². The Balaban J connectivity index is 2.60. The molecule has 0 atom stereocenters. The molecule has 1 fully saturated rings. The Morgan fingerprint density at radius 2 is 1.94 bits per heavy atom. The van der Waals surface area contributed by atoms with E-state index >= 15 is 0 Å². The summed E-state index contributed by atoms with van der Waals surface area (Å²) in [7, 11) is 1.58. The highest BCUT2D eigenvalue weighted by atomic mass is 35.5. The molecule has 0 heterocycles. The van der Waals surface area contributed by atoms with Gasteiger partial charge in [0.05, 0.1) is 12.1 Å². The highest BCUT2D eigenvalue weighted by Crippen LogP contribution is 2.45. The quantitative estimate of drug-likeness (QED) is 0.885. The zero-order valence-electron chi connectivity index (χ0n) is 10.9. The van der Waals surface area contributed by atoms with E-state index in [1.54, 1.807) is 7.11 Å². The molecule has 1 aliphatic carbocycles. The fourth-order valence-corrected chi connectivity index (χ4v) is 3.20. The Labute approximate surface area is 112 Å². The maximum Gasteiger partial charge on any atom is 0.142 e. The molecule has 0 spiro atoms. The van der Waals surface area contributed by atoms with Gasteiger partial charge in [0.15, 0.2) is 0 Å². The topological polar surface area (TPSA) is 35.2 Å². The van der Waals surface area contributed by atoms with E-state index in [1.807, 2.05) is 6.92 Å². The lowest BCUT2D eigenvalue weighted by Crippen LogP contribution is -2.39. The van der Waals surface area contributed by atoms with E-state index in [4.69, 9.17) is 22.1 Å². The zero-order valence-corrected chi connectivity index (χ0v) is 11.6. The predicted octanol–water partition coefficient (Wildman–Crippen LogP) is 3.91. The van der Waals surface area contributed by atoms with Gasteiger partial charge < -0.3 is 10.5 Å². The first-order valence-corrected chi connectivity index (χ1v) is 6.69. The Morgan fingerprint density at radius 3 is 2.50 bits per heavy atom. The minimum Gasteiger partial charge on any atom is -0.496 e. The number of hydrogen-bond acceptors (Lipinski definition) is 2. The lowest BCUT2D eigenvalue weighted by molar-refractivity contribution is 0.287. The van der Waals surface area contributed by atoms with Crippen LogP contribution in [0.1, 0.15) is 43.2 Å². The Hall–Kier alpha value is -0.800. The molecule has 2 nitrogen and oxygen atoms in total. The van der Waals surface area contributed by atoms with Crippen molar-refractivity contribution in [3.63, 3.8) is 0 Å². The van der Waals surface area contributed by atoms with E-state index in [1.165, 1.54) is 12.5 Å². The monoisotopic (exact) mass is 271 g/mol. The van der Waals surface area contributed by atoms with Crippen molar-refractivity contribution in [2.45, 2.75) is 44.6 Å². The number of benzene rings is 1. The molecule has 0 aromatic heterocycles. The molecule has 1 aliphatic rings. The largest absolute Gasteiger partial charge is 0.496 e. The van der Waals surface area contributed by atoms with E-state index in [-0.39, 0.29) is 5.02 Å². The van der Waals surface area contributed by atoms with Crippen LogP contribution in [0, 0.1) is 12.7 Å². The normalized spacial score (nSPS) is 18.7. The van der Waals surface area contributed by atoms with Crippen molar-refractivity contribution in [1.29, 1.82) is 0 Å². The van der Waals surface area contributed by atoms with Gasteiger partial charge in [-0.3, -0.25) is 0 Å². The van der Waals surface area contributed by atoms with Crippen LogP contribution in [-0.2, 0) is 5.54 Å². The SMILES string of the molecule is COc1c(C)cc(F)c(Cl)c1C1(N)CCCCC1. The van der Waals surface area contributed by atoms with E-state index in [2.05, 4.69) is 0 Å². The number of aryl methyl sites for hydroxylation is 1. The highest BCUT2D eigenvalue weighted by Gasteiger charge is 2.36. The summed E-state index contributed by atoms with van der Waals surface area (Å²) in [5.41, 5.74) is 7.29. The molecular weight excluding hydrogens is 253 g/mol. The summed E-state index contributed by atoms with van der Waals surface area (Å²) in [5, 5.41) is 0.113. The minimum atomic E-state index is -0.562. The molecule has 1 aromatic carbocycles. The van der Waals surface area contributed by atoms with Crippen molar-refractivity contribution in [3.05, 3.63) is 28.0 Å². The Morgan fingerprint density at radius 1 is 1.33 bits per heavy atom. The standard InChI is InChI=1S/C14H19ClFNO/c1-9-8-10(16)12(15)11(13(9)18-2)14(17)6-4-3-5-7-14/h8H,3-7,17H2,1-2H3. The molecule has 2 rings (SSSR count). The van der Waals surface area contributed by atoms with Gasteiger partial charge in [-0.15, -0.1) is 0 Å². The highest BCUT2D eigenvalue weighted by molar-refractivity contribution is 6.31. The summed E-state index contributed by atoms with van der Waals surface area (Å²) in [6.45, 7) is 1.81. The second-order valence-electron chi connectivity index (χ2n) is 5.11. The number of methoxy groups -OCH3 is 1. The average Bonchev–Trinajstić information content (AvgIpc) is 2.34. The summed E-state index contributed by atoms with van der Waals surface area (Å²) in [6, 6.07) is 1.40. The Kier molecular flexibility index (Phi) is 3.83. The van der Waals surface area contributed by atoms with Gasteiger partial charge in [-0.25, -0.2) is 4.39 Å². The third-order valence-corrected chi connectivity index (χ3v) is 4.17. The number of nitrogens with two attached hydrogens (primary N) is 1. The lowest BCUT2D eigenvalue weighted by Gasteiger charge is -2.36. The first kappa shape index (κ1) is 13.6. The summed E-state index contributed by atoms with van der Waals surface area (Å²) in [6.07, 6.45) is 4.92. The number of halogens is 2. The van der Waals surface area contributed by atoms with E-state index in [0.717, 1.165) is 31.2 Å². The van der Waals surface area contributed by atoms with Gasteiger partial charge in [0.2, 0.25) is 0 Å². The van der Waals surface area contributed by atoms with E-state index in [9.17, 15) is 4.39 Å². The second kappa shape index (κ2) is 5.06. The van der Waals surface area contributed by atoms with E-state index in [0.29, 0.717) is 11.3 Å². The van der Waals surface area contributed by atoms with Gasteiger partial charge in [0.25, 0.3) is 0 Å². The first-order valence-electron chi connectivity index (χ1n) is 6.31. The lowest BCUT2D eigenvalue weighted by atomic mass is 9.76. The van der Waals surface area contributed by atoms with Crippen LogP contribution in [0.2, 0.25) is 5.02 Å². The number of hydrogen-bond donors (Lipinski definition) is 1. The third kappa shape index (κ3) is 2.21. The van der Waals surface area contributed by atoms with Crippen LogP contribution >= 0.6 is 11.6 Å². The maximum absolute atomic E-state index is 13.8. The average molecular weight is 272 g/mol. The molecular formula is C14H19ClFNO. The molecule has 4 heteroatoms. The molecule has 0 saturated heterocycles. The summed E-state index contributed by atoms with van der Waals surface area (Å²) < 4.78 is 19.2. The zero-order chi connectivity index (χ0) is 13.3. The van der Waals surface area contributed by atoms with Crippen molar-refractivity contribution in [3.8, 4) is 5.75 Å². The molecule has 0 amide bonds. The molecule has 0 bridgehead atoms. The molecule has 18 heavy (non-hydrogen) atoms. The van der Waals surface area contributed by atoms with Gasteiger partial charge in [0.1, 0.15) is 11.6 Å². The fourth-order valence-electron chi connectivity index (χ4n) is 2.88. The molecule has 0 unspecified atom stereocenters. The van der Waals surface area contributed by atoms with Crippen LogP contribution in [0.25, 0.3) is 0 Å². The molecule has 1 aromatic rings. The smallest absolute Gasteiger partial charge is 0.142 e. The van der Waals surface area contributed by atoms with Crippen molar-refractivity contribution >= 4 is 11.6 Å². The van der Waals surface area contributed by atoms with Gasteiger partial charge in [-0.05, 0) is 31.4 Å². The van der Waals surface area contributed by atoms with Crippen molar-refractivity contribution in [2.24, 2.45) is 5.73 Å². The fraction of sp³-hybridized carbons (Fsp3) is 0.571. The van der Waals surface area contributed by atoms with Crippen molar-refractivity contribution < 1.29 is 9.13 Å². The minimum absolute atomic E-state index is 0.113. The molecule has 0 aliphatic heterocycles. The van der Waals surface area contributed by atoms with Crippen LogP contribution in [-0.4, -0.2) is 7.11 Å². The maximum atomic E-state index is 13.8. The summed E-state index contributed by atoms with van der Waals surface area (Å²) in [5.74, 6) is 0.214. The molecule has 1 saturated carbocycles. The Bertz CT molecular complexity index is 456. The molecule has 2 N–H and O–H groups in total. The van der Waals surface area contributed by atoms with Gasteiger partial charge >= 0.3 is 0 Å². The molecule has 0 radical (unpaired) electrons. The van der Waals surface area contributed by atoms with Crippen LogP contribution in [0.5, 0.6) is 5.75 Å². The van der Waals surface area contributed by atoms with Gasteiger partial charge in [-0.2, -0.15) is 0 Å². The number of rotatable bonds is 2. The van der Waals surface area contributed by atoms with Crippen LogP contribution < -0.4 is 10.5 Å². The van der Waals surface area contributed by atoms with Crippen LogP contribution in [0.15, 0.2) is 6.07 Å². The van der Waals surface area contributed by atoms with Crippen LogP contribution in [0.4, 0.5) is 4.39 Å². The third-order valence-electron chi connectivity index (χ3n) is 3.81. The second-order valence-corrected chi connectivity index (χ2v) is 5.49. The summed E-state index contributed by atoms with van der Waals surface area (Å²) >= 11 is 6.14. The van der Waals surface area contributed by atoms with Crippen LogP contribution in [0.3, 0.4) is 0 Å². The van der Waals surface area contributed by atoms with Crippen molar-refractivity contribution in [1.82, 2.24) is 0 Å². The van der Waals surface area contributed by atoms with E-state index < -0.39 is 11.4 Å². The van der Waals surface area contributed by atoms with Gasteiger partial charge in [0, 0.05) is 11.1 Å². The molecule has 100 valence electrons. The predicted molar refractivity (Wildman–Crippen MR) is 71.6 cm³/mol. The van der Waals surface area contributed by atoms with Crippen molar-refractivity contribution in [2.75, 3.05) is 7.11 Å². The summed E-state index contributed by atoms with van der Waals surface area (Å²) in [4.78, 5) is 0.